The first-order valence-corrected chi connectivity index (χ1v) is 4.86. The van der Waals surface area contributed by atoms with Crippen molar-refractivity contribution < 1.29 is 0 Å². The van der Waals surface area contributed by atoms with E-state index in [0.717, 1.165) is 15.9 Å². The molecule has 1 aromatic heterocycles. The summed E-state index contributed by atoms with van der Waals surface area (Å²) < 4.78 is 2.79. The van der Waals surface area contributed by atoms with Gasteiger partial charge in [-0.25, -0.2) is 0 Å². The van der Waals surface area contributed by atoms with Crippen molar-refractivity contribution in [2.75, 3.05) is 5.73 Å². The third kappa shape index (κ3) is 1.63. The van der Waals surface area contributed by atoms with E-state index in [0.29, 0.717) is 5.69 Å². The molecule has 2 N–H and O–H groups in total. The Labute approximate surface area is 89.9 Å². The molecule has 0 aliphatic heterocycles. The number of benzene rings is 1. The fourth-order valence-corrected chi connectivity index (χ4v) is 1.80. The number of nitrogens with zero attached hydrogens (tertiary/aromatic N) is 3. The van der Waals surface area contributed by atoms with Gasteiger partial charge in [0, 0.05) is 22.8 Å². The van der Waals surface area contributed by atoms with Gasteiger partial charge in [0.2, 0.25) is 0 Å². The molecule has 0 bridgehead atoms. The molecular formula is C9H9BrN4. The van der Waals surface area contributed by atoms with Gasteiger partial charge in [0.15, 0.2) is 5.82 Å². The Morgan fingerprint density at radius 1 is 1.36 bits per heavy atom. The summed E-state index contributed by atoms with van der Waals surface area (Å²) in [5, 5.41) is 7.82. The number of rotatable bonds is 1. The van der Waals surface area contributed by atoms with Crippen LogP contribution in [0.4, 0.5) is 5.69 Å². The second kappa shape index (κ2) is 3.42. The molecule has 0 fully saturated rings. The Morgan fingerprint density at radius 2 is 2.14 bits per heavy atom. The standard InChI is InChI=1S/C9H9BrN4/c1-14-5-12-13-9(14)6-2-7(10)4-8(11)3-6/h2-5H,11H2,1H3. The van der Waals surface area contributed by atoms with Crippen molar-refractivity contribution in [1.29, 1.82) is 0 Å². The molecule has 0 radical (unpaired) electrons. The van der Waals surface area contributed by atoms with Gasteiger partial charge in [-0.15, -0.1) is 10.2 Å². The van der Waals surface area contributed by atoms with Crippen molar-refractivity contribution >= 4 is 21.6 Å². The lowest BCUT2D eigenvalue weighted by Gasteiger charge is -2.02. The minimum absolute atomic E-state index is 0.706. The molecule has 0 atom stereocenters. The van der Waals surface area contributed by atoms with E-state index in [1.165, 1.54) is 0 Å². The van der Waals surface area contributed by atoms with Crippen LogP contribution in [0.15, 0.2) is 29.0 Å². The number of hydrogen-bond donors (Lipinski definition) is 1. The van der Waals surface area contributed by atoms with Gasteiger partial charge in [-0.3, -0.25) is 0 Å². The summed E-state index contributed by atoms with van der Waals surface area (Å²) in [7, 11) is 1.90. The lowest BCUT2D eigenvalue weighted by molar-refractivity contribution is 0.920. The highest BCUT2D eigenvalue weighted by Crippen LogP contribution is 2.24. The molecule has 2 aromatic rings. The largest absolute Gasteiger partial charge is 0.399 e. The molecule has 4 nitrogen and oxygen atoms in total. The van der Waals surface area contributed by atoms with Gasteiger partial charge in [0.05, 0.1) is 0 Å². The molecule has 0 saturated heterocycles. The van der Waals surface area contributed by atoms with E-state index in [2.05, 4.69) is 26.1 Å². The van der Waals surface area contributed by atoms with Crippen LogP contribution in [-0.2, 0) is 7.05 Å². The molecule has 5 heteroatoms. The zero-order valence-corrected chi connectivity index (χ0v) is 9.19. The van der Waals surface area contributed by atoms with E-state index in [-0.39, 0.29) is 0 Å². The minimum atomic E-state index is 0.706. The maximum atomic E-state index is 5.73. The van der Waals surface area contributed by atoms with Crippen LogP contribution >= 0.6 is 15.9 Å². The molecule has 0 saturated carbocycles. The van der Waals surface area contributed by atoms with Crippen molar-refractivity contribution in [3.8, 4) is 11.4 Å². The number of hydrogen-bond acceptors (Lipinski definition) is 3. The van der Waals surface area contributed by atoms with E-state index in [4.69, 9.17) is 5.73 Å². The fraction of sp³-hybridized carbons (Fsp3) is 0.111. The first-order valence-electron chi connectivity index (χ1n) is 4.07. The van der Waals surface area contributed by atoms with E-state index >= 15 is 0 Å². The van der Waals surface area contributed by atoms with Crippen LogP contribution in [0.3, 0.4) is 0 Å². The molecule has 72 valence electrons. The average Bonchev–Trinajstić information content (AvgIpc) is 2.49. The molecular weight excluding hydrogens is 244 g/mol. The average molecular weight is 253 g/mol. The number of nitrogens with two attached hydrogens (primary N) is 1. The Morgan fingerprint density at radius 3 is 2.71 bits per heavy atom. The molecule has 0 aliphatic carbocycles. The van der Waals surface area contributed by atoms with Gasteiger partial charge in [0.1, 0.15) is 6.33 Å². The normalized spacial score (nSPS) is 10.4. The third-order valence-corrected chi connectivity index (χ3v) is 2.35. The zero-order valence-electron chi connectivity index (χ0n) is 7.61. The quantitative estimate of drug-likeness (QED) is 0.789. The SMILES string of the molecule is Cn1cnnc1-c1cc(N)cc(Br)c1. The fourth-order valence-electron chi connectivity index (χ4n) is 1.29. The summed E-state index contributed by atoms with van der Waals surface area (Å²) in [5.74, 6) is 0.804. The summed E-state index contributed by atoms with van der Waals surface area (Å²) in [5.41, 5.74) is 7.39. The van der Waals surface area contributed by atoms with Crippen molar-refractivity contribution in [3.63, 3.8) is 0 Å². The summed E-state index contributed by atoms with van der Waals surface area (Å²) in [6.45, 7) is 0. The Kier molecular flexibility index (Phi) is 2.25. The lowest BCUT2D eigenvalue weighted by Crippen LogP contribution is -1.93. The zero-order chi connectivity index (χ0) is 10.1. The summed E-state index contributed by atoms with van der Waals surface area (Å²) >= 11 is 3.39. The highest BCUT2D eigenvalue weighted by molar-refractivity contribution is 9.10. The monoisotopic (exact) mass is 252 g/mol. The maximum Gasteiger partial charge on any atom is 0.163 e. The summed E-state index contributed by atoms with van der Waals surface area (Å²) in [6, 6.07) is 5.68. The van der Waals surface area contributed by atoms with Crippen LogP contribution in [0, 0.1) is 0 Å². The van der Waals surface area contributed by atoms with E-state index in [9.17, 15) is 0 Å². The number of nitrogen functional groups attached to an aromatic ring is 1. The first-order chi connectivity index (χ1) is 6.66. The predicted octanol–water partition coefficient (Wildman–Crippen LogP) is 1.83. The van der Waals surface area contributed by atoms with Crippen molar-refractivity contribution in [2.45, 2.75) is 0 Å². The Hall–Kier alpha value is -1.36. The van der Waals surface area contributed by atoms with Crippen molar-refractivity contribution in [2.24, 2.45) is 7.05 Å². The summed E-state index contributed by atoms with van der Waals surface area (Å²) in [6.07, 6.45) is 1.66. The maximum absolute atomic E-state index is 5.73. The van der Waals surface area contributed by atoms with Crippen LogP contribution in [0.1, 0.15) is 0 Å². The molecule has 1 aromatic carbocycles. The van der Waals surface area contributed by atoms with Gasteiger partial charge >= 0.3 is 0 Å². The molecule has 0 amide bonds. The van der Waals surface area contributed by atoms with Gasteiger partial charge < -0.3 is 10.3 Å². The second-order valence-electron chi connectivity index (χ2n) is 3.04. The van der Waals surface area contributed by atoms with E-state index < -0.39 is 0 Å². The molecule has 1 heterocycles. The van der Waals surface area contributed by atoms with Crippen LogP contribution in [0.5, 0.6) is 0 Å². The van der Waals surface area contributed by atoms with E-state index in [1.807, 2.05) is 29.8 Å². The van der Waals surface area contributed by atoms with Gasteiger partial charge in [-0.2, -0.15) is 0 Å². The highest BCUT2D eigenvalue weighted by Gasteiger charge is 2.05. The molecule has 2 rings (SSSR count). The Bertz CT molecular complexity index is 443. The van der Waals surface area contributed by atoms with Crippen LogP contribution < -0.4 is 5.73 Å². The van der Waals surface area contributed by atoms with E-state index in [1.54, 1.807) is 6.33 Å². The van der Waals surface area contributed by atoms with Gasteiger partial charge in [-0.1, -0.05) is 15.9 Å². The second-order valence-corrected chi connectivity index (χ2v) is 3.95. The topological polar surface area (TPSA) is 56.7 Å². The number of aromatic nitrogens is 3. The molecule has 0 spiro atoms. The van der Waals surface area contributed by atoms with Crippen LogP contribution in [-0.4, -0.2) is 14.8 Å². The molecule has 0 aliphatic rings. The minimum Gasteiger partial charge on any atom is -0.399 e. The van der Waals surface area contributed by atoms with Crippen LogP contribution in [0.2, 0.25) is 0 Å². The highest BCUT2D eigenvalue weighted by atomic mass is 79.9. The number of aryl methyl sites for hydroxylation is 1. The lowest BCUT2D eigenvalue weighted by atomic mass is 10.2. The number of halogens is 1. The smallest absolute Gasteiger partial charge is 0.163 e. The molecule has 14 heavy (non-hydrogen) atoms. The van der Waals surface area contributed by atoms with Gasteiger partial charge in [0.25, 0.3) is 0 Å². The predicted molar refractivity (Wildman–Crippen MR) is 58.6 cm³/mol. The molecule has 0 unspecified atom stereocenters. The Balaban J connectivity index is 2.57. The van der Waals surface area contributed by atoms with Gasteiger partial charge in [-0.05, 0) is 18.2 Å². The van der Waals surface area contributed by atoms with Crippen molar-refractivity contribution in [1.82, 2.24) is 14.8 Å². The first kappa shape index (κ1) is 9.21. The number of anilines is 1. The van der Waals surface area contributed by atoms with Crippen LogP contribution in [0.25, 0.3) is 11.4 Å². The van der Waals surface area contributed by atoms with Crippen molar-refractivity contribution in [3.05, 3.63) is 29.0 Å². The third-order valence-electron chi connectivity index (χ3n) is 1.89. The summed E-state index contributed by atoms with van der Waals surface area (Å²) in [4.78, 5) is 0.